The van der Waals surface area contributed by atoms with Gasteiger partial charge in [-0.1, -0.05) is 0 Å². The number of aromatic amines is 1. The van der Waals surface area contributed by atoms with E-state index in [0.29, 0.717) is 29.4 Å². The highest BCUT2D eigenvalue weighted by atomic mass is 32.1. The average molecular weight is 267 g/mol. The fraction of sp³-hybridized carbons (Fsp3) is 0.400. The maximum Gasteiger partial charge on any atom is 0.266 e. The number of H-pyrrole nitrogens is 1. The fourth-order valence-electron chi connectivity index (χ4n) is 1.48. The lowest BCUT2D eigenvalue weighted by Gasteiger charge is -2.05. The van der Waals surface area contributed by atoms with E-state index in [4.69, 9.17) is 17.0 Å². The van der Waals surface area contributed by atoms with E-state index in [1.54, 1.807) is 24.8 Å². The first-order chi connectivity index (χ1) is 8.63. The van der Waals surface area contributed by atoms with Gasteiger partial charge < -0.3 is 9.30 Å². The molecule has 0 atom stereocenters. The van der Waals surface area contributed by atoms with E-state index in [2.05, 4.69) is 15.3 Å². The van der Waals surface area contributed by atoms with Crippen LogP contribution in [0.3, 0.4) is 0 Å². The largest absolute Gasteiger partial charge is 0.383 e. The van der Waals surface area contributed by atoms with Crippen molar-refractivity contribution in [3.63, 3.8) is 0 Å². The van der Waals surface area contributed by atoms with Crippen LogP contribution in [0.4, 0.5) is 0 Å². The molecule has 0 bridgehead atoms. The van der Waals surface area contributed by atoms with Gasteiger partial charge in [0.15, 0.2) is 10.6 Å². The summed E-state index contributed by atoms with van der Waals surface area (Å²) in [5, 5.41) is 11.0. The number of rotatable bonds is 4. The molecule has 0 spiro atoms. The van der Waals surface area contributed by atoms with E-state index in [1.165, 1.54) is 10.7 Å². The molecule has 18 heavy (non-hydrogen) atoms. The summed E-state index contributed by atoms with van der Waals surface area (Å²) in [5.41, 5.74) is 0.410. The summed E-state index contributed by atoms with van der Waals surface area (Å²) in [5.74, 6) is 0.589. The molecule has 0 aliphatic carbocycles. The summed E-state index contributed by atoms with van der Waals surface area (Å²) in [6.07, 6.45) is 0. The summed E-state index contributed by atoms with van der Waals surface area (Å²) < 4.78 is 8.47. The second-order valence-electron chi connectivity index (χ2n) is 3.68. The van der Waals surface area contributed by atoms with Crippen LogP contribution in [0.2, 0.25) is 0 Å². The molecule has 7 nitrogen and oxygen atoms in total. The lowest BCUT2D eigenvalue weighted by molar-refractivity contribution is 0.182. The minimum absolute atomic E-state index is 0.174. The van der Waals surface area contributed by atoms with Crippen molar-refractivity contribution in [2.75, 3.05) is 13.7 Å². The molecule has 8 heteroatoms. The van der Waals surface area contributed by atoms with Gasteiger partial charge in [-0.05, 0) is 18.3 Å². The third-order valence-corrected chi connectivity index (χ3v) is 2.85. The maximum absolute atomic E-state index is 11.6. The van der Waals surface area contributed by atoms with E-state index < -0.39 is 0 Å². The molecule has 0 amide bonds. The number of nitrogens with zero attached hydrogens (tertiary/aromatic N) is 4. The van der Waals surface area contributed by atoms with Gasteiger partial charge in [-0.25, -0.2) is 4.68 Å². The van der Waals surface area contributed by atoms with E-state index in [1.807, 2.05) is 0 Å². The van der Waals surface area contributed by atoms with Gasteiger partial charge in [0.05, 0.1) is 13.2 Å². The van der Waals surface area contributed by atoms with Gasteiger partial charge in [0.1, 0.15) is 5.69 Å². The quantitative estimate of drug-likeness (QED) is 0.809. The molecule has 1 N–H and O–H groups in total. The van der Waals surface area contributed by atoms with Gasteiger partial charge in [0.2, 0.25) is 0 Å². The van der Waals surface area contributed by atoms with Crippen LogP contribution in [0, 0.1) is 4.77 Å². The minimum atomic E-state index is -0.174. The van der Waals surface area contributed by atoms with Crippen molar-refractivity contribution in [1.29, 1.82) is 0 Å². The summed E-state index contributed by atoms with van der Waals surface area (Å²) >= 11 is 5.03. The molecule has 2 aromatic rings. The molecule has 2 aromatic heterocycles. The van der Waals surface area contributed by atoms with Crippen molar-refractivity contribution in [3.05, 3.63) is 27.3 Å². The first kappa shape index (κ1) is 12.7. The fourth-order valence-corrected chi connectivity index (χ4v) is 1.61. The molecule has 2 heterocycles. The predicted octanol–water partition coefficient (Wildman–Crippen LogP) is 0.348. The standard InChI is InChI=1S/C10H13N5O2S/c1-14-9(11-12-10(14)18)7-3-4-8(16)15(13-7)5-6-17-2/h3-4H,5-6H2,1-2H3,(H,12,18). The van der Waals surface area contributed by atoms with Crippen molar-refractivity contribution in [3.8, 4) is 11.5 Å². The Balaban J connectivity index is 2.43. The molecule has 0 saturated heterocycles. The van der Waals surface area contributed by atoms with Gasteiger partial charge in [-0.3, -0.25) is 9.89 Å². The highest BCUT2D eigenvalue weighted by Crippen LogP contribution is 2.10. The van der Waals surface area contributed by atoms with Gasteiger partial charge in [0, 0.05) is 20.2 Å². The highest BCUT2D eigenvalue weighted by Gasteiger charge is 2.09. The van der Waals surface area contributed by atoms with Crippen molar-refractivity contribution in [2.24, 2.45) is 7.05 Å². The number of hydrogen-bond acceptors (Lipinski definition) is 5. The van der Waals surface area contributed by atoms with E-state index in [0.717, 1.165) is 0 Å². The van der Waals surface area contributed by atoms with E-state index >= 15 is 0 Å². The summed E-state index contributed by atoms with van der Waals surface area (Å²) in [7, 11) is 3.36. The maximum atomic E-state index is 11.6. The zero-order valence-corrected chi connectivity index (χ0v) is 10.9. The second kappa shape index (κ2) is 5.23. The zero-order chi connectivity index (χ0) is 13.1. The summed E-state index contributed by atoms with van der Waals surface area (Å²) in [6, 6.07) is 3.08. The lowest BCUT2D eigenvalue weighted by Crippen LogP contribution is -2.24. The first-order valence-corrected chi connectivity index (χ1v) is 5.73. The van der Waals surface area contributed by atoms with Crippen LogP contribution < -0.4 is 5.56 Å². The molecule has 0 saturated carbocycles. The van der Waals surface area contributed by atoms with Crippen LogP contribution in [0.1, 0.15) is 0 Å². The molecule has 0 radical (unpaired) electrons. The highest BCUT2D eigenvalue weighted by molar-refractivity contribution is 7.71. The van der Waals surface area contributed by atoms with Crippen molar-refractivity contribution in [1.82, 2.24) is 24.5 Å². The Morgan fingerprint density at radius 2 is 2.28 bits per heavy atom. The molecule has 0 aromatic carbocycles. The normalized spacial score (nSPS) is 10.8. The Morgan fingerprint density at radius 3 is 2.89 bits per heavy atom. The monoisotopic (exact) mass is 267 g/mol. The smallest absolute Gasteiger partial charge is 0.266 e. The number of ether oxygens (including phenoxy) is 1. The third-order valence-electron chi connectivity index (χ3n) is 2.48. The van der Waals surface area contributed by atoms with Gasteiger partial charge in [-0.2, -0.15) is 10.2 Å². The molecular formula is C10H13N5O2S. The van der Waals surface area contributed by atoms with Crippen LogP contribution in [0.15, 0.2) is 16.9 Å². The van der Waals surface area contributed by atoms with Crippen LogP contribution in [-0.4, -0.2) is 38.3 Å². The minimum Gasteiger partial charge on any atom is -0.383 e. The lowest BCUT2D eigenvalue weighted by atomic mass is 10.3. The van der Waals surface area contributed by atoms with Crippen LogP contribution in [-0.2, 0) is 18.3 Å². The van der Waals surface area contributed by atoms with Crippen molar-refractivity contribution < 1.29 is 4.74 Å². The Morgan fingerprint density at radius 1 is 1.50 bits per heavy atom. The summed E-state index contributed by atoms with van der Waals surface area (Å²) in [6.45, 7) is 0.827. The number of methoxy groups -OCH3 is 1. The number of aromatic nitrogens is 5. The molecular weight excluding hydrogens is 254 g/mol. The Hall–Kier alpha value is -1.80. The third kappa shape index (κ3) is 2.39. The number of nitrogens with one attached hydrogen (secondary N) is 1. The van der Waals surface area contributed by atoms with Crippen LogP contribution in [0.25, 0.3) is 11.5 Å². The molecule has 0 aliphatic rings. The topological polar surface area (TPSA) is 77.7 Å². The Bertz CT molecular complexity index is 657. The Kier molecular flexibility index (Phi) is 3.68. The van der Waals surface area contributed by atoms with Crippen LogP contribution >= 0.6 is 12.2 Å². The molecule has 0 unspecified atom stereocenters. The van der Waals surface area contributed by atoms with Gasteiger partial charge in [-0.15, -0.1) is 0 Å². The molecule has 96 valence electrons. The number of hydrogen-bond donors (Lipinski definition) is 1. The summed E-state index contributed by atoms with van der Waals surface area (Å²) in [4.78, 5) is 11.6. The zero-order valence-electron chi connectivity index (χ0n) is 10.1. The van der Waals surface area contributed by atoms with E-state index in [9.17, 15) is 4.79 Å². The van der Waals surface area contributed by atoms with Crippen LogP contribution in [0.5, 0.6) is 0 Å². The average Bonchev–Trinajstić information content (AvgIpc) is 2.69. The van der Waals surface area contributed by atoms with Gasteiger partial charge >= 0.3 is 0 Å². The van der Waals surface area contributed by atoms with Gasteiger partial charge in [0.25, 0.3) is 5.56 Å². The molecule has 0 aliphatic heterocycles. The first-order valence-electron chi connectivity index (χ1n) is 5.32. The van der Waals surface area contributed by atoms with Crippen molar-refractivity contribution >= 4 is 12.2 Å². The Labute approximate surface area is 108 Å². The van der Waals surface area contributed by atoms with Crippen molar-refractivity contribution in [2.45, 2.75) is 6.54 Å². The predicted molar refractivity (Wildman–Crippen MR) is 67.8 cm³/mol. The van der Waals surface area contributed by atoms with E-state index in [-0.39, 0.29) is 5.56 Å². The second-order valence-corrected chi connectivity index (χ2v) is 4.07. The molecule has 2 rings (SSSR count). The SMILES string of the molecule is COCCn1nc(-c2n[nH]c(=S)n2C)ccc1=O. The molecule has 0 fully saturated rings.